The molecule has 0 aliphatic heterocycles. The average Bonchev–Trinajstić information content (AvgIpc) is 2.49. The van der Waals surface area contributed by atoms with Crippen LogP contribution in [0.15, 0.2) is 36.4 Å². The second kappa shape index (κ2) is 73.3. The summed E-state index contributed by atoms with van der Waals surface area (Å²) in [5.74, 6) is 0. The van der Waals surface area contributed by atoms with Crippen molar-refractivity contribution in [3.8, 4) is 0 Å². The third-order valence-corrected chi connectivity index (χ3v) is 0.667. The highest BCUT2D eigenvalue weighted by atomic mass is 16.2. The summed E-state index contributed by atoms with van der Waals surface area (Å²) < 4.78 is 0. The first-order valence-electron chi connectivity index (χ1n) is 5.57. The van der Waals surface area contributed by atoms with Crippen LogP contribution in [-0.2, 0) is 0 Å². The van der Waals surface area contributed by atoms with Crippen LogP contribution in [0.2, 0.25) is 0 Å². The van der Waals surface area contributed by atoms with Gasteiger partial charge in [0.25, 0.3) is 0 Å². The van der Waals surface area contributed by atoms with E-state index in [1.165, 1.54) is 0 Å². The smallest absolute Gasteiger partial charge is 0.0319 e. The molecule has 0 aromatic heterocycles. The van der Waals surface area contributed by atoms with E-state index in [9.17, 15) is 0 Å². The highest BCUT2D eigenvalue weighted by molar-refractivity contribution is 4.99. The van der Waals surface area contributed by atoms with Gasteiger partial charge in [-0.1, -0.05) is 50.2 Å². The molecule has 18 heavy (non-hydrogen) atoms. The molecule has 0 unspecified atom stereocenters. The topological polar surface area (TPSA) is 113 Å². The Hall–Kier alpha value is -0.980. The maximum atomic E-state index is 7.00. The minimum absolute atomic E-state index is 0.750. The second-order valence-electron chi connectivity index (χ2n) is 1.97. The summed E-state index contributed by atoms with van der Waals surface area (Å²) in [4.78, 5) is 0. The quantitative estimate of drug-likeness (QED) is 0.467. The first kappa shape index (κ1) is 30.2. The largest absolute Gasteiger partial charge is 0.400 e. The van der Waals surface area contributed by atoms with Gasteiger partial charge in [0.05, 0.1) is 0 Å². The molecule has 112 valence electrons. The van der Waals surface area contributed by atoms with Crippen molar-refractivity contribution in [2.45, 2.75) is 13.8 Å². The zero-order chi connectivity index (χ0) is 15.7. The van der Waals surface area contributed by atoms with Crippen LogP contribution in [0, 0.1) is 0 Å². The molecule has 1 aromatic rings. The van der Waals surface area contributed by atoms with Crippen molar-refractivity contribution in [1.82, 2.24) is 0 Å². The van der Waals surface area contributed by atoms with Crippen molar-refractivity contribution in [2.24, 2.45) is 11.5 Å². The molecule has 1 rings (SSSR count). The Labute approximate surface area is 112 Å². The Bertz CT molecular complexity index is 112. The molecule has 0 radical (unpaired) electrons. The molecule has 5 nitrogen and oxygen atoms in total. The standard InChI is InChI=1S/C6H6.2C2H7N.3CH4O/c1-2-4-6-5-3-1;2*1-2-3;3*1-2/h1-6H;2*2-3H2,1H3;3*2H,1H3. The van der Waals surface area contributed by atoms with Gasteiger partial charge in [-0.05, 0) is 13.1 Å². The van der Waals surface area contributed by atoms with Crippen molar-refractivity contribution in [1.29, 1.82) is 0 Å². The average molecular weight is 264 g/mol. The molecule has 5 heteroatoms. The predicted molar refractivity (Wildman–Crippen MR) is 80.3 cm³/mol. The summed E-state index contributed by atoms with van der Waals surface area (Å²) in [7, 11) is 3.00. The Morgan fingerprint density at radius 1 is 0.556 bits per heavy atom. The van der Waals surface area contributed by atoms with Gasteiger partial charge in [-0.3, -0.25) is 0 Å². The molecule has 1 aromatic carbocycles. The number of aliphatic hydroxyl groups excluding tert-OH is 3. The number of aliphatic hydroxyl groups is 3. The van der Waals surface area contributed by atoms with Crippen molar-refractivity contribution in [3.05, 3.63) is 36.4 Å². The number of benzene rings is 1. The molecule has 0 amide bonds. The summed E-state index contributed by atoms with van der Waals surface area (Å²) in [5, 5.41) is 21.0. The van der Waals surface area contributed by atoms with E-state index in [1.807, 2.05) is 50.2 Å². The third kappa shape index (κ3) is 117. The monoisotopic (exact) mass is 264 g/mol. The maximum Gasteiger partial charge on any atom is 0.0319 e. The molecule has 0 atom stereocenters. The molecule has 0 aliphatic carbocycles. The number of hydrogen-bond donors (Lipinski definition) is 5. The Kier molecular flexibility index (Phi) is 123. The molecule has 0 saturated carbocycles. The van der Waals surface area contributed by atoms with Crippen LogP contribution in [0.25, 0.3) is 0 Å². The molecule has 0 saturated heterocycles. The number of nitrogens with two attached hydrogens (primary N) is 2. The van der Waals surface area contributed by atoms with Crippen LogP contribution in [0.4, 0.5) is 0 Å². The Morgan fingerprint density at radius 2 is 0.611 bits per heavy atom. The first-order valence-corrected chi connectivity index (χ1v) is 5.57. The summed E-state index contributed by atoms with van der Waals surface area (Å²) in [6, 6.07) is 12.0. The van der Waals surface area contributed by atoms with Crippen molar-refractivity contribution in [2.75, 3.05) is 34.4 Å². The molecule has 0 heterocycles. The lowest BCUT2D eigenvalue weighted by Gasteiger charge is -1.69. The van der Waals surface area contributed by atoms with E-state index < -0.39 is 0 Å². The van der Waals surface area contributed by atoms with Crippen LogP contribution < -0.4 is 11.5 Å². The van der Waals surface area contributed by atoms with Crippen LogP contribution in [0.5, 0.6) is 0 Å². The Morgan fingerprint density at radius 3 is 0.667 bits per heavy atom. The fraction of sp³-hybridized carbons (Fsp3) is 0.538. The van der Waals surface area contributed by atoms with E-state index in [0.29, 0.717) is 0 Å². The Balaban J connectivity index is -0.0000000413. The lowest BCUT2D eigenvalue weighted by molar-refractivity contribution is 0.399. The van der Waals surface area contributed by atoms with E-state index in [-0.39, 0.29) is 0 Å². The zero-order valence-electron chi connectivity index (χ0n) is 12.4. The minimum atomic E-state index is 0.750. The fourth-order valence-corrected chi connectivity index (χ4v) is 0.385. The van der Waals surface area contributed by atoms with Gasteiger partial charge in [0, 0.05) is 21.3 Å². The van der Waals surface area contributed by atoms with Crippen LogP contribution in [0.3, 0.4) is 0 Å². The van der Waals surface area contributed by atoms with Gasteiger partial charge in [0.2, 0.25) is 0 Å². The normalized spacial score (nSPS) is 5.67. The van der Waals surface area contributed by atoms with Gasteiger partial charge in [0.1, 0.15) is 0 Å². The summed E-state index contributed by atoms with van der Waals surface area (Å²) in [6.45, 7) is 5.31. The van der Waals surface area contributed by atoms with Gasteiger partial charge < -0.3 is 26.8 Å². The van der Waals surface area contributed by atoms with Gasteiger partial charge in [-0.25, -0.2) is 0 Å². The summed E-state index contributed by atoms with van der Waals surface area (Å²) in [6.07, 6.45) is 0. The van der Waals surface area contributed by atoms with E-state index in [4.69, 9.17) is 26.8 Å². The highest BCUT2D eigenvalue weighted by Crippen LogP contribution is 1.79. The lowest BCUT2D eigenvalue weighted by atomic mass is 10.4. The zero-order valence-corrected chi connectivity index (χ0v) is 12.4. The van der Waals surface area contributed by atoms with Gasteiger partial charge in [-0.2, -0.15) is 0 Å². The van der Waals surface area contributed by atoms with E-state index in [0.717, 1.165) is 34.4 Å². The van der Waals surface area contributed by atoms with Crippen molar-refractivity contribution < 1.29 is 15.3 Å². The van der Waals surface area contributed by atoms with Gasteiger partial charge in [0.15, 0.2) is 0 Å². The van der Waals surface area contributed by atoms with Crippen molar-refractivity contribution >= 4 is 0 Å². The van der Waals surface area contributed by atoms with E-state index >= 15 is 0 Å². The van der Waals surface area contributed by atoms with Gasteiger partial charge >= 0.3 is 0 Å². The molecule has 0 aliphatic rings. The molecular weight excluding hydrogens is 232 g/mol. The highest BCUT2D eigenvalue weighted by Gasteiger charge is 1.57. The van der Waals surface area contributed by atoms with E-state index in [2.05, 4.69) is 0 Å². The first-order chi connectivity index (χ1) is 8.83. The molecule has 0 bridgehead atoms. The lowest BCUT2D eigenvalue weighted by Crippen LogP contribution is -1.87. The van der Waals surface area contributed by atoms with Crippen LogP contribution in [-0.4, -0.2) is 49.7 Å². The fourth-order valence-electron chi connectivity index (χ4n) is 0.385. The summed E-state index contributed by atoms with van der Waals surface area (Å²) >= 11 is 0. The van der Waals surface area contributed by atoms with E-state index in [1.54, 1.807) is 0 Å². The van der Waals surface area contributed by atoms with Crippen LogP contribution in [0.1, 0.15) is 13.8 Å². The number of rotatable bonds is 0. The minimum Gasteiger partial charge on any atom is -0.400 e. The van der Waals surface area contributed by atoms with Crippen LogP contribution >= 0.6 is 0 Å². The SMILES string of the molecule is CCN.CCN.CO.CO.CO.c1ccccc1. The molecular formula is C13H32N2O3. The molecule has 0 fully saturated rings. The summed E-state index contributed by atoms with van der Waals surface area (Å²) in [5.41, 5.74) is 9.69. The third-order valence-electron chi connectivity index (χ3n) is 0.667. The van der Waals surface area contributed by atoms with Gasteiger partial charge in [-0.15, -0.1) is 0 Å². The maximum absolute atomic E-state index is 7.00. The predicted octanol–water partition coefficient (Wildman–Crippen LogP) is 0.442. The molecule has 7 N–H and O–H groups in total. The second-order valence-corrected chi connectivity index (χ2v) is 1.97. The molecule has 0 spiro atoms. The van der Waals surface area contributed by atoms with Crippen molar-refractivity contribution in [3.63, 3.8) is 0 Å². The number of hydrogen-bond acceptors (Lipinski definition) is 5.